The number of thioether (sulfide) groups is 1. The van der Waals surface area contributed by atoms with Gasteiger partial charge in [-0.2, -0.15) is 0 Å². The normalized spacial score (nSPS) is 14.8. The van der Waals surface area contributed by atoms with Crippen molar-refractivity contribution in [3.8, 4) is 11.3 Å². The molecule has 0 bridgehead atoms. The largest absolute Gasteiger partial charge is 0.440 e. The fourth-order valence-electron chi connectivity index (χ4n) is 2.75. The summed E-state index contributed by atoms with van der Waals surface area (Å²) in [6, 6.07) is 7.52. The van der Waals surface area contributed by atoms with Crippen LogP contribution >= 0.6 is 23.4 Å². The molecule has 4 rings (SSSR count). The van der Waals surface area contributed by atoms with Crippen LogP contribution in [0.5, 0.6) is 0 Å². The van der Waals surface area contributed by atoms with Crippen LogP contribution in [-0.4, -0.2) is 46.1 Å². The van der Waals surface area contributed by atoms with Gasteiger partial charge in [-0.25, -0.2) is 4.98 Å². The van der Waals surface area contributed by atoms with E-state index in [0.717, 1.165) is 43.0 Å². The fraction of sp³-hybridized carbons (Fsp3) is 0.353. The van der Waals surface area contributed by atoms with Gasteiger partial charge in [0.2, 0.25) is 11.8 Å². The van der Waals surface area contributed by atoms with Gasteiger partial charge in [-0.15, -0.1) is 10.2 Å². The second kappa shape index (κ2) is 7.69. The van der Waals surface area contributed by atoms with Gasteiger partial charge < -0.3 is 14.1 Å². The number of benzene rings is 1. The zero-order chi connectivity index (χ0) is 17.9. The maximum absolute atomic E-state index is 6.03. The Morgan fingerprint density at radius 2 is 2.08 bits per heavy atom. The predicted octanol–water partition coefficient (Wildman–Crippen LogP) is 3.25. The number of aromatic nitrogens is 4. The Morgan fingerprint density at radius 1 is 1.23 bits per heavy atom. The van der Waals surface area contributed by atoms with Crippen LogP contribution in [0.4, 0.5) is 5.95 Å². The molecule has 0 spiro atoms. The molecule has 2 aromatic heterocycles. The first-order chi connectivity index (χ1) is 12.7. The monoisotopic (exact) mass is 391 g/mol. The summed E-state index contributed by atoms with van der Waals surface area (Å²) in [7, 11) is 1.97. The number of hydrogen-bond acceptors (Lipinski definition) is 7. The van der Waals surface area contributed by atoms with Crippen LogP contribution in [0.3, 0.4) is 0 Å². The molecule has 1 aliphatic rings. The van der Waals surface area contributed by atoms with Crippen molar-refractivity contribution in [2.75, 3.05) is 31.2 Å². The SMILES string of the molecule is Cn1c(SCc2ncc(-c3cccc(Cl)c3)o2)nnc1N1CCOCC1. The van der Waals surface area contributed by atoms with Gasteiger partial charge in [0.05, 0.1) is 25.2 Å². The van der Waals surface area contributed by atoms with Gasteiger partial charge in [-0.3, -0.25) is 4.57 Å². The standard InChI is InChI=1S/C17H18ClN5O2S/c1-22-16(23-5-7-24-8-6-23)20-21-17(22)26-11-15-19-10-14(25-15)12-3-2-4-13(18)9-12/h2-4,9-10H,5-8,11H2,1H3. The molecule has 0 aliphatic carbocycles. The molecule has 1 saturated heterocycles. The molecular weight excluding hydrogens is 374 g/mol. The van der Waals surface area contributed by atoms with Crippen molar-refractivity contribution >= 4 is 29.3 Å². The van der Waals surface area contributed by atoms with Crippen LogP contribution in [0.25, 0.3) is 11.3 Å². The quantitative estimate of drug-likeness (QED) is 0.618. The minimum Gasteiger partial charge on any atom is -0.440 e. The lowest BCUT2D eigenvalue weighted by atomic mass is 10.2. The van der Waals surface area contributed by atoms with Gasteiger partial charge in [0.1, 0.15) is 0 Å². The van der Waals surface area contributed by atoms with Crippen LogP contribution in [0, 0.1) is 0 Å². The summed E-state index contributed by atoms with van der Waals surface area (Å²) in [4.78, 5) is 6.53. The van der Waals surface area contributed by atoms with Crippen LogP contribution in [0.2, 0.25) is 5.02 Å². The number of oxazole rings is 1. The van der Waals surface area contributed by atoms with E-state index < -0.39 is 0 Å². The van der Waals surface area contributed by atoms with E-state index in [2.05, 4.69) is 20.1 Å². The van der Waals surface area contributed by atoms with Gasteiger partial charge in [-0.05, 0) is 12.1 Å². The van der Waals surface area contributed by atoms with Crippen molar-refractivity contribution < 1.29 is 9.15 Å². The lowest BCUT2D eigenvalue weighted by Crippen LogP contribution is -2.37. The third kappa shape index (κ3) is 3.72. The first kappa shape index (κ1) is 17.4. The molecular formula is C17H18ClN5O2S. The number of rotatable bonds is 5. The van der Waals surface area contributed by atoms with Crippen molar-refractivity contribution in [3.63, 3.8) is 0 Å². The lowest BCUT2D eigenvalue weighted by molar-refractivity contribution is 0.121. The second-order valence-electron chi connectivity index (χ2n) is 5.86. The fourth-order valence-corrected chi connectivity index (χ4v) is 3.70. The van der Waals surface area contributed by atoms with E-state index in [0.29, 0.717) is 22.4 Å². The number of nitrogens with zero attached hydrogens (tertiary/aromatic N) is 5. The first-order valence-corrected chi connectivity index (χ1v) is 9.62. The van der Waals surface area contributed by atoms with Gasteiger partial charge >= 0.3 is 0 Å². The molecule has 1 aliphatic heterocycles. The van der Waals surface area contributed by atoms with Gasteiger partial charge in [0, 0.05) is 30.7 Å². The Balaban J connectivity index is 1.42. The summed E-state index contributed by atoms with van der Waals surface area (Å²) in [6.45, 7) is 3.11. The minimum atomic E-state index is 0.579. The molecule has 136 valence electrons. The van der Waals surface area contributed by atoms with E-state index in [1.54, 1.807) is 18.0 Å². The molecule has 0 atom stereocenters. The highest BCUT2D eigenvalue weighted by Crippen LogP contribution is 2.27. The van der Waals surface area contributed by atoms with Crippen molar-refractivity contribution in [2.45, 2.75) is 10.9 Å². The Hall–Kier alpha value is -2.03. The smallest absolute Gasteiger partial charge is 0.227 e. The molecule has 3 aromatic rings. The van der Waals surface area contributed by atoms with Crippen molar-refractivity contribution in [1.29, 1.82) is 0 Å². The summed E-state index contributed by atoms with van der Waals surface area (Å²) < 4.78 is 13.2. The summed E-state index contributed by atoms with van der Waals surface area (Å²) in [6.07, 6.45) is 1.72. The topological polar surface area (TPSA) is 69.2 Å². The molecule has 7 nitrogen and oxygen atoms in total. The van der Waals surface area contributed by atoms with Gasteiger partial charge in [0.15, 0.2) is 10.9 Å². The molecule has 9 heteroatoms. The van der Waals surface area contributed by atoms with Crippen molar-refractivity contribution in [3.05, 3.63) is 41.4 Å². The number of ether oxygens (including phenoxy) is 1. The third-order valence-corrected chi connectivity index (χ3v) is 5.33. The highest BCUT2D eigenvalue weighted by Gasteiger charge is 2.19. The maximum Gasteiger partial charge on any atom is 0.227 e. The molecule has 26 heavy (non-hydrogen) atoms. The van der Waals surface area contributed by atoms with Gasteiger partial charge in [0.25, 0.3) is 0 Å². The zero-order valence-electron chi connectivity index (χ0n) is 14.3. The lowest BCUT2D eigenvalue weighted by Gasteiger charge is -2.27. The van der Waals surface area contributed by atoms with Crippen LogP contribution in [0.1, 0.15) is 5.89 Å². The first-order valence-electron chi connectivity index (χ1n) is 8.26. The van der Waals surface area contributed by atoms with Crippen LogP contribution in [-0.2, 0) is 17.5 Å². The Labute approximate surface area is 160 Å². The van der Waals surface area contributed by atoms with Crippen molar-refractivity contribution in [1.82, 2.24) is 19.7 Å². The molecule has 0 saturated carbocycles. The molecule has 1 fully saturated rings. The van der Waals surface area contributed by atoms with Gasteiger partial charge in [-0.1, -0.05) is 35.5 Å². The van der Waals surface area contributed by atoms with E-state index in [4.69, 9.17) is 20.8 Å². The number of anilines is 1. The zero-order valence-corrected chi connectivity index (χ0v) is 15.8. The highest BCUT2D eigenvalue weighted by atomic mass is 35.5. The summed E-state index contributed by atoms with van der Waals surface area (Å²) >= 11 is 7.58. The summed E-state index contributed by atoms with van der Waals surface area (Å²) in [5.74, 6) is 2.79. The van der Waals surface area contributed by atoms with E-state index in [9.17, 15) is 0 Å². The third-order valence-electron chi connectivity index (χ3n) is 4.09. The van der Waals surface area contributed by atoms with Crippen molar-refractivity contribution in [2.24, 2.45) is 7.05 Å². The summed E-state index contributed by atoms with van der Waals surface area (Å²) in [5.41, 5.74) is 0.912. The average Bonchev–Trinajstić information content (AvgIpc) is 3.28. The minimum absolute atomic E-state index is 0.579. The maximum atomic E-state index is 6.03. The number of hydrogen-bond donors (Lipinski definition) is 0. The molecule has 0 N–H and O–H groups in total. The Kier molecular flexibility index (Phi) is 5.14. The average molecular weight is 392 g/mol. The van der Waals surface area contributed by atoms with Crippen LogP contribution < -0.4 is 4.90 Å². The predicted molar refractivity (Wildman–Crippen MR) is 101 cm³/mol. The molecule has 0 amide bonds. The second-order valence-corrected chi connectivity index (χ2v) is 7.24. The molecule has 0 radical (unpaired) electrons. The number of halogens is 1. The van der Waals surface area contributed by atoms with Crippen LogP contribution in [0.15, 0.2) is 40.0 Å². The highest BCUT2D eigenvalue weighted by molar-refractivity contribution is 7.98. The molecule has 1 aromatic carbocycles. The van der Waals surface area contributed by atoms with E-state index in [-0.39, 0.29) is 0 Å². The Bertz CT molecular complexity index is 891. The molecule has 3 heterocycles. The summed E-state index contributed by atoms with van der Waals surface area (Å²) in [5, 5.41) is 10.1. The number of morpholine rings is 1. The molecule has 0 unspecified atom stereocenters. The van der Waals surface area contributed by atoms with E-state index >= 15 is 0 Å². The van der Waals surface area contributed by atoms with E-state index in [1.165, 1.54) is 0 Å². The van der Waals surface area contributed by atoms with E-state index in [1.807, 2.05) is 35.9 Å². The Morgan fingerprint density at radius 3 is 2.88 bits per heavy atom.